The van der Waals surface area contributed by atoms with Crippen molar-refractivity contribution in [2.45, 2.75) is 51.5 Å². The van der Waals surface area contributed by atoms with Gasteiger partial charge in [0.05, 0.1) is 0 Å². The van der Waals surface area contributed by atoms with Gasteiger partial charge in [0.15, 0.2) is 0 Å². The molecule has 1 saturated heterocycles. The topological polar surface area (TPSA) is 69.6 Å². The Hall–Kier alpha value is -1.88. The zero-order chi connectivity index (χ0) is 17.0. The standard InChI is InChI=1S/C18H26N2O3/c1-13(2)14-7-9-15(10-8-14)18(3)16(22)20(17(23)19-18)11-5-4-6-12-21/h7-10,13,21H,4-6,11-12H2,1-3H3,(H,19,23). The van der Waals surface area contributed by atoms with E-state index in [9.17, 15) is 9.59 Å². The number of nitrogens with one attached hydrogen (secondary N) is 1. The maximum atomic E-state index is 12.7. The van der Waals surface area contributed by atoms with Crippen molar-refractivity contribution < 1.29 is 14.7 Å². The molecule has 5 heteroatoms. The molecule has 1 heterocycles. The Labute approximate surface area is 137 Å². The third-order valence-electron chi connectivity index (χ3n) is 4.47. The molecule has 0 spiro atoms. The lowest BCUT2D eigenvalue weighted by molar-refractivity contribution is -0.131. The fraction of sp³-hybridized carbons (Fsp3) is 0.556. The molecule has 1 atom stereocenters. The number of nitrogens with zero attached hydrogens (tertiary/aromatic N) is 1. The minimum atomic E-state index is -0.996. The molecule has 5 nitrogen and oxygen atoms in total. The maximum Gasteiger partial charge on any atom is 0.325 e. The fourth-order valence-corrected chi connectivity index (χ4v) is 2.86. The van der Waals surface area contributed by atoms with E-state index >= 15 is 0 Å². The highest BCUT2D eigenvalue weighted by Crippen LogP contribution is 2.30. The van der Waals surface area contributed by atoms with Gasteiger partial charge in [-0.15, -0.1) is 0 Å². The van der Waals surface area contributed by atoms with Crippen LogP contribution in [0.15, 0.2) is 24.3 Å². The van der Waals surface area contributed by atoms with Gasteiger partial charge in [0.2, 0.25) is 0 Å². The molecule has 1 aromatic carbocycles. The number of aliphatic hydroxyl groups excluding tert-OH is 1. The molecule has 0 aromatic heterocycles. The molecule has 0 saturated carbocycles. The van der Waals surface area contributed by atoms with Crippen molar-refractivity contribution in [2.75, 3.05) is 13.2 Å². The molecule has 0 aliphatic carbocycles. The first kappa shape index (κ1) is 17.5. The van der Waals surface area contributed by atoms with Gasteiger partial charge in [-0.1, -0.05) is 38.1 Å². The van der Waals surface area contributed by atoms with Gasteiger partial charge in [-0.25, -0.2) is 4.79 Å². The Morgan fingerprint density at radius 3 is 2.35 bits per heavy atom. The van der Waals surface area contributed by atoms with Crippen LogP contribution in [0.4, 0.5) is 4.79 Å². The quantitative estimate of drug-likeness (QED) is 0.600. The average Bonchev–Trinajstić information content (AvgIpc) is 2.75. The molecule has 126 valence electrons. The first-order valence-electron chi connectivity index (χ1n) is 8.25. The molecule has 1 aliphatic heterocycles. The fourth-order valence-electron chi connectivity index (χ4n) is 2.86. The smallest absolute Gasteiger partial charge is 0.325 e. The number of carbonyl (C=O) groups excluding carboxylic acids is 2. The summed E-state index contributed by atoms with van der Waals surface area (Å²) in [6.45, 7) is 6.52. The maximum absolute atomic E-state index is 12.7. The van der Waals surface area contributed by atoms with Crippen molar-refractivity contribution in [1.82, 2.24) is 10.2 Å². The van der Waals surface area contributed by atoms with Crippen molar-refractivity contribution in [2.24, 2.45) is 0 Å². The van der Waals surface area contributed by atoms with Crippen molar-refractivity contribution in [1.29, 1.82) is 0 Å². The largest absolute Gasteiger partial charge is 0.396 e. The lowest BCUT2D eigenvalue weighted by Crippen LogP contribution is -2.41. The molecule has 1 aliphatic rings. The monoisotopic (exact) mass is 318 g/mol. The van der Waals surface area contributed by atoms with Crippen molar-refractivity contribution in [3.63, 3.8) is 0 Å². The van der Waals surface area contributed by atoms with Crippen molar-refractivity contribution in [3.8, 4) is 0 Å². The van der Waals surface area contributed by atoms with Gasteiger partial charge in [0.25, 0.3) is 5.91 Å². The zero-order valence-corrected chi connectivity index (χ0v) is 14.1. The number of hydrogen-bond donors (Lipinski definition) is 2. The zero-order valence-electron chi connectivity index (χ0n) is 14.1. The molecule has 23 heavy (non-hydrogen) atoms. The van der Waals surface area contributed by atoms with Crippen LogP contribution in [-0.2, 0) is 10.3 Å². The number of unbranched alkanes of at least 4 members (excludes halogenated alkanes) is 2. The lowest BCUT2D eigenvalue weighted by atomic mass is 9.90. The van der Waals surface area contributed by atoms with E-state index in [1.165, 1.54) is 10.5 Å². The van der Waals surface area contributed by atoms with Gasteiger partial charge in [0.1, 0.15) is 5.54 Å². The number of aliphatic hydroxyl groups is 1. The van der Waals surface area contributed by atoms with Crippen molar-refractivity contribution in [3.05, 3.63) is 35.4 Å². The molecule has 1 unspecified atom stereocenters. The highest BCUT2D eigenvalue weighted by molar-refractivity contribution is 6.07. The Bertz CT molecular complexity index is 568. The van der Waals surface area contributed by atoms with E-state index in [1.54, 1.807) is 6.92 Å². The van der Waals surface area contributed by atoms with Gasteiger partial charge < -0.3 is 10.4 Å². The second-order valence-corrected chi connectivity index (χ2v) is 6.57. The van der Waals surface area contributed by atoms with Crippen LogP contribution in [0.2, 0.25) is 0 Å². The van der Waals surface area contributed by atoms with Crippen LogP contribution in [0.25, 0.3) is 0 Å². The molecular formula is C18H26N2O3. The van der Waals surface area contributed by atoms with E-state index in [1.807, 2.05) is 24.3 Å². The van der Waals surface area contributed by atoms with E-state index in [4.69, 9.17) is 5.11 Å². The van der Waals surface area contributed by atoms with E-state index in [0.717, 1.165) is 12.0 Å². The van der Waals surface area contributed by atoms with Crippen molar-refractivity contribution >= 4 is 11.9 Å². The van der Waals surface area contributed by atoms with Crippen LogP contribution < -0.4 is 5.32 Å². The summed E-state index contributed by atoms with van der Waals surface area (Å²) in [5.41, 5.74) is 1.01. The molecule has 1 aromatic rings. The normalized spacial score (nSPS) is 21.2. The molecule has 0 bridgehead atoms. The molecule has 0 radical (unpaired) electrons. The Morgan fingerprint density at radius 2 is 1.78 bits per heavy atom. The Balaban J connectivity index is 2.12. The van der Waals surface area contributed by atoms with Crippen LogP contribution in [0.3, 0.4) is 0 Å². The summed E-state index contributed by atoms with van der Waals surface area (Å²) in [4.78, 5) is 26.2. The number of amides is 3. The molecule has 2 rings (SSSR count). The summed E-state index contributed by atoms with van der Waals surface area (Å²) in [5.74, 6) is 0.220. The van der Waals surface area contributed by atoms with Gasteiger partial charge in [0, 0.05) is 13.2 Å². The predicted octanol–water partition coefficient (Wildman–Crippen LogP) is 2.74. The van der Waals surface area contributed by atoms with Crippen LogP contribution in [0, 0.1) is 0 Å². The molecule has 1 fully saturated rings. The minimum absolute atomic E-state index is 0.139. The van der Waals surface area contributed by atoms with Gasteiger partial charge in [-0.05, 0) is 43.2 Å². The molecular weight excluding hydrogens is 292 g/mol. The minimum Gasteiger partial charge on any atom is -0.396 e. The first-order chi connectivity index (χ1) is 10.9. The van der Waals surface area contributed by atoms with Crippen LogP contribution in [0.5, 0.6) is 0 Å². The number of benzene rings is 1. The third kappa shape index (κ3) is 3.55. The number of urea groups is 1. The third-order valence-corrected chi connectivity index (χ3v) is 4.47. The molecule has 2 N–H and O–H groups in total. The predicted molar refractivity (Wildman–Crippen MR) is 89.1 cm³/mol. The van der Waals surface area contributed by atoms with Gasteiger partial charge in [-0.2, -0.15) is 0 Å². The van der Waals surface area contributed by atoms with E-state index < -0.39 is 5.54 Å². The van der Waals surface area contributed by atoms with Gasteiger partial charge in [-0.3, -0.25) is 9.69 Å². The van der Waals surface area contributed by atoms with Crippen LogP contribution in [-0.4, -0.2) is 35.1 Å². The van der Waals surface area contributed by atoms with Crippen LogP contribution >= 0.6 is 0 Å². The second-order valence-electron chi connectivity index (χ2n) is 6.57. The number of imide groups is 1. The highest BCUT2D eigenvalue weighted by Gasteiger charge is 2.48. The Morgan fingerprint density at radius 1 is 1.13 bits per heavy atom. The highest BCUT2D eigenvalue weighted by atomic mass is 16.3. The van der Waals surface area contributed by atoms with Crippen LogP contribution in [0.1, 0.15) is 57.1 Å². The summed E-state index contributed by atoms with van der Waals surface area (Å²) >= 11 is 0. The number of rotatable bonds is 7. The second kappa shape index (κ2) is 7.13. The van der Waals surface area contributed by atoms with E-state index in [2.05, 4.69) is 19.2 Å². The summed E-state index contributed by atoms with van der Waals surface area (Å²) < 4.78 is 0. The SMILES string of the molecule is CC(C)c1ccc(C2(C)NC(=O)N(CCCCCO)C2=O)cc1. The summed E-state index contributed by atoms with van der Waals surface area (Å²) in [6, 6.07) is 7.52. The number of hydrogen-bond acceptors (Lipinski definition) is 3. The number of carbonyl (C=O) groups is 2. The Kier molecular flexibility index (Phi) is 5.42. The van der Waals surface area contributed by atoms with E-state index in [-0.39, 0.29) is 18.5 Å². The van der Waals surface area contributed by atoms with E-state index in [0.29, 0.717) is 25.3 Å². The molecule has 3 amide bonds. The summed E-state index contributed by atoms with van der Waals surface area (Å²) in [6.07, 6.45) is 2.20. The summed E-state index contributed by atoms with van der Waals surface area (Å²) in [5, 5.41) is 11.6. The first-order valence-corrected chi connectivity index (χ1v) is 8.25. The lowest BCUT2D eigenvalue weighted by Gasteiger charge is -2.23. The van der Waals surface area contributed by atoms with Gasteiger partial charge >= 0.3 is 6.03 Å². The average molecular weight is 318 g/mol. The summed E-state index contributed by atoms with van der Waals surface area (Å²) in [7, 11) is 0.